The number of halogens is 1. The van der Waals surface area contributed by atoms with Gasteiger partial charge in [0, 0.05) is 4.43 Å². The average Bonchev–Trinajstić information content (AvgIpc) is 1.98. The third-order valence-corrected chi connectivity index (χ3v) is 2.44. The lowest BCUT2D eigenvalue weighted by Gasteiger charge is -1.99. The number of hydrogen-bond acceptors (Lipinski definition) is 0. The molecule has 0 nitrogen and oxygen atoms in total. The van der Waals surface area contributed by atoms with E-state index in [1.165, 1.54) is 30.1 Å². The van der Waals surface area contributed by atoms with Crippen molar-refractivity contribution in [2.24, 2.45) is 0 Å². The van der Waals surface area contributed by atoms with Gasteiger partial charge in [-0.3, -0.25) is 0 Å². The van der Waals surface area contributed by atoms with Crippen molar-refractivity contribution < 1.29 is 0 Å². The fourth-order valence-electron chi connectivity index (χ4n) is 0.893. The molecule has 1 heteroatoms. The first-order valence-electron chi connectivity index (χ1n) is 4.09. The summed E-state index contributed by atoms with van der Waals surface area (Å²) in [6.07, 6.45) is 7.53. The highest BCUT2D eigenvalue weighted by atomic mass is 127. The van der Waals surface area contributed by atoms with Crippen LogP contribution in [-0.4, -0.2) is 4.43 Å². The molecule has 0 atom stereocenters. The predicted octanol–water partition coefficient (Wildman–Crippen LogP) is 3.95. The van der Waals surface area contributed by atoms with Crippen LogP contribution in [0.3, 0.4) is 0 Å². The topological polar surface area (TPSA) is 0 Å². The number of allylic oxidation sites excluding steroid dienone is 2. The molecular formula is C9H17I. The summed E-state index contributed by atoms with van der Waals surface area (Å²) < 4.78 is 1.21. The third kappa shape index (κ3) is 5.27. The van der Waals surface area contributed by atoms with Gasteiger partial charge in [0.1, 0.15) is 0 Å². The zero-order chi connectivity index (χ0) is 7.82. The summed E-state index contributed by atoms with van der Waals surface area (Å²) in [7, 11) is 0. The standard InChI is InChI=1S/C9H17I/c1-3-5-7-9(8-10)6-4-2/h7H,3-6,8H2,1-2H3. The molecule has 0 N–H and O–H groups in total. The lowest BCUT2D eigenvalue weighted by Crippen LogP contribution is -1.83. The van der Waals surface area contributed by atoms with E-state index in [-0.39, 0.29) is 0 Å². The second-order valence-electron chi connectivity index (χ2n) is 2.53. The molecule has 0 radical (unpaired) electrons. The molecule has 0 bridgehead atoms. The lowest BCUT2D eigenvalue weighted by molar-refractivity contribution is 0.882. The number of rotatable bonds is 5. The van der Waals surface area contributed by atoms with Gasteiger partial charge in [0.25, 0.3) is 0 Å². The van der Waals surface area contributed by atoms with Crippen molar-refractivity contribution in [3.8, 4) is 0 Å². The molecular weight excluding hydrogens is 235 g/mol. The molecule has 0 aromatic rings. The highest BCUT2D eigenvalue weighted by Crippen LogP contribution is 2.09. The molecule has 0 rings (SSSR count). The second kappa shape index (κ2) is 7.58. The molecule has 0 aromatic heterocycles. The van der Waals surface area contributed by atoms with Crippen LogP contribution in [-0.2, 0) is 0 Å². The average molecular weight is 252 g/mol. The zero-order valence-corrected chi connectivity index (χ0v) is 9.15. The fraction of sp³-hybridized carbons (Fsp3) is 0.778. The van der Waals surface area contributed by atoms with Crippen molar-refractivity contribution in [2.45, 2.75) is 39.5 Å². The van der Waals surface area contributed by atoms with E-state index in [4.69, 9.17) is 0 Å². The van der Waals surface area contributed by atoms with Gasteiger partial charge >= 0.3 is 0 Å². The Morgan fingerprint density at radius 1 is 1.30 bits per heavy atom. The molecule has 60 valence electrons. The van der Waals surface area contributed by atoms with Gasteiger partial charge in [0.15, 0.2) is 0 Å². The Hall–Kier alpha value is 0.470. The van der Waals surface area contributed by atoms with Crippen LogP contribution in [0.1, 0.15) is 39.5 Å². The van der Waals surface area contributed by atoms with Crippen molar-refractivity contribution >= 4 is 22.6 Å². The van der Waals surface area contributed by atoms with Crippen LogP contribution in [0.4, 0.5) is 0 Å². The Morgan fingerprint density at radius 3 is 2.40 bits per heavy atom. The van der Waals surface area contributed by atoms with Crippen LogP contribution < -0.4 is 0 Å². The molecule has 0 aliphatic rings. The Balaban J connectivity index is 3.55. The summed E-state index contributed by atoms with van der Waals surface area (Å²) in [6.45, 7) is 4.47. The van der Waals surface area contributed by atoms with Gasteiger partial charge in [0.05, 0.1) is 0 Å². The highest BCUT2D eigenvalue weighted by molar-refractivity contribution is 14.1. The monoisotopic (exact) mass is 252 g/mol. The van der Waals surface area contributed by atoms with E-state index < -0.39 is 0 Å². The maximum atomic E-state index is 2.44. The molecule has 0 aromatic carbocycles. The minimum atomic E-state index is 1.21. The molecule has 0 heterocycles. The van der Waals surface area contributed by atoms with Crippen LogP contribution in [0.15, 0.2) is 11.6 Å². The van der Waals surface area contributed by atoms with Gasteiger partial charge < -0.3 is 0 Å². The normalized spacial score (nSPS) is 12.1. The van der Waals surface area contributed by atoms with Crippen LogP contribution in [0.25, 0.3) is 0 Å². The summed E-state index contributed by atoms with van der Waals surface area (Å²) >= 11 is 2.44. The Morgan fingerprint density at radius 2 is 2.00 bits per heavy atom. The van der Waals surface area contributed by atoms with Crippen LogP contribution in [0.5, 0.6) is 0 Å². The lowest BCUT2D eigenvalue weighted by atomic mass is 10.1. The molecule has 0 spiro atoms. The summed E-state index contributed by atoms with van der Waals surface area (Å²) in [4.78, 5) is 0. The molecule has 0 aliphatic carbocycles. The summed E-state index contributed by atoms with van der Waals surface area (Å²) in [5, 5.41) is 0. The van der Waals surface area contributed by atoms with Gasteiger partial charge in [0.2, 0.25) is 0 Å². The molecule has 0 unspecified atom stereocenters. The first-order valence-corrected chi connectivity index (χ1v) is 5.61. The minimum absolute atomic E-state index is 1.21. The van der Waals surface area contributed by atoms with Crippen molar-refractivity contribution in [1.82, 2.24) is 0 Å². The van der Waals surface area contributed by atoms with E-state index in [0.717, 1.165) is 0 Å². The van der Waals surface area contributed by atoms with Crippen molar-refractivity contribution in [1.29, 1.82) is 0 Å². The van der Waals surface area contributed by atoms with Crippen LogP contribution >= 0.6 is 22.6 Å². The Bertz CT molecular complexity index is 94.9. The van der Waals surface area contributed by atoms with Gasteiger partial charge in [-0.15, -0.1) is 0 Å². The molecule has 0 saturated carbocycles. The quantitative estimate of drug-likeness (QED) is 0.395. The molecule has 0 amide bonds. The highest BCUT2D eigenvalue weighted by Gasteiger charge is 1.90. The fourth-order valence-corrected chi connectivity index (χ4v) is 1.59. The smallest absolute Gasteiger partial charge is 0.0205 e. The first kappa shape index (κ1) is 10.5. The van der Waals surface area contributed by atoms with Gasteiger partial charge in [-0.25, -0.2) is 0 Å². The van der Waals surface area contributed by atoms with Crippen LogP contribution in [0.2, 0.25) is 0 Å². The second-order valence-corrected chi connectivity index (χ2v) is 3.30. The largest absolute Gasteiger partial charge is 0.0846 e. The third-order valence-electron chi connectivity index (χ3n) is 1.46. The first-order chi connectivity index (χ1) is 4.85. The van der Waals surface area contributed by atoms with Gasteiger partial charge in [-0.2, -0.15) is 0 Å². The van der Waals surface area contributed by atoms with Crippen molar-refractivity contribution in [2.75, 3.05) is 4.43 Å². The van der Waals surface area contributed by atoms with Crippen LogP contribution in [0, 0.1) is 0 Å². The molecule has 0 aliphatic heterocycles. The van der Waals surface area contributed by atoms with Gasteiger partial charge in [-0.1, -0.05) is 60.9 Å². The summed E-state index contributed by atoms with van der Waals surface area (Å²) in [6, 6.07) is 0. The zero-order valence-electron chi connectivity index (χ0n) is 6.99. The minimum Gasteiger partial charge on any atom is -0.0846 e. The maximum Gasteiger partial charge on any atom is 0.0205 e. The number of unbranched alkanes of at least 4 members (excludes halogenated alkanes) is 1. The molecule has 0 fully saturated rings. The number of alkyl halides is 1. The van der Waals surface area contributed by atoms with Crippen molar-refractivity contribution in [3.05, 3.63) is 11.6 Å². The Kier molecular flexibility index (Phi) is 7.93. The van der Waals surface area contributed by atoms with E-state index >= 15 is 0 Å². The summed E-state index contributed by atoms with van der Waals surface area (Å²) in [5.41, 5.74) is 1.63. The van der Waals surface area contributed by atoms with E-state index in [0.29, 0.717) is 0 Å². The van der Waals surface area contributed by atoms with Gasteiger partial charge in [-0.05, 0) is 12.8 Å². The maximum absolute atomic E-state index is 2.44. The van der Waals surface area contributed by atoms with Crippen molar-refractivity contribution in [3.63, 3.8) is 0 Å². The molecule has 0 saturated heterocycles. The summed E-state index contributed by atoms with van der Waals surface area (Å²) in [5.74, 6) is 0. The van der Waals surface area contributed by atoms with E-state index in [9.17, 15) is 0 Å². The molecule has 10 heavy (non-hydrogen) atoms. The van der Waals surface area contributed by atoms with E-state index in [1.807, 2.05) is 0 Å². The predicted molar refractivity (Wildman–Crippen MR) is 56.8 cm³/mol. The SMILES string of the molecule is CCCC=C(CI)CCC. The Labute approximate surface area is 78.2 Å². The number of hydrogen-bond donors (Lipinski definition) is 0. The van der Waals surface area contributed by atoms with E-state index in [2.05, 4.69) is 42.5 Å². The van der Waals surface area contributed by atoms with E-state index in [1.54, 1.807) is 5.57 Å².